The second kappa shape index (κ2) is 7.40. The molecule has 1 amide bonds. The summed E-state index contributed by atoms with van der Waals surface area (Å²) in [5, 5.41) is 10.8. The molecule has 1 heterocycles. The van der Waals surface area contributed by atoms with Crippen molar-refractivity contribution in [1.29, 1.82) is 0 Å². The molecular weight excluding hydrogens is 236 g/mol. The Hall–Kier alpha value is -0.940. The van der Waals surface area contributed by atoms with Crippen LogP contribution in [0.1, 0.15) is 42.2 Å². The highest BCUT2D eigenvalue weighted by molar-refractivity contribution is 7.03. The molecule has 0 bridgehead atoms. The number of carbonyl (C=O) groups excluding carboxylic acids is 1. The highest BCUT2D eigenvalue weighted by Crippen LogP contribution is 2.13. The monoisotopic (exact) mass is 256 g/mol. The third-order valence-corrected chi connectivity index (χ3v) is 3.39. The number of unbranched alkanes of at least 4 members (excludes halogenated alkanes) is 2. The van der Waals surface area contributed by atoms with Gasteiger partial charge in [0.15, 0.2) is 0 Å². The Morgan fingerprint density at radius 2 is 2.24 bits per heavy atom. The van der Waals surface area contributed by atoms with E-state index in [1.165, 1.54) is 11.5 Å². The molecule has 0 aliphatic heterocycles. The van der Waals surface area contributed by atoms with Gasteiger partial charge in [-0.2, -0.15) is 4.37 Å². The number of amides is 1. The molecule has 1 aromatic rings. The van der Waals surface area contributed by atoms with Crippen LogP contribution in [0.4, 0.5) is 0 Å². The van der Waals surface area contributed by atoms with Crippen LogP contribution in [0.25, 0.3) is 0 Å². The maximum Gasteiger partial charge on any atom is 0.256 e. The Balaban J connectivity index is 2.63. The molecule has 1 N–H and O–H groups in total. The molecule has 0 fully saturated rings. The minimum atomic E-state index is -0.0126. The highest BCUT2D eigenvalue weighted by Gasteiger charge is 2.18. The van der Waals surface area contributed by atoms with Crippen molar-refractivity contribution in [2.24, 2.45) is 0 Å². The van der Waals surface area contributed by atoms with E-state index in [0.717, 1.165) is 25.0 Å². The number of aromatic nitrogens is 1. The van der Waals surface area contributed by atoms with Crippen molar-refractivity contribution in [3.63, 3.8) is 0 Å². The number of aryl methyl sites for hydroxylation is 1. The summed E-state index contributed by atoms with van der Waals surface area (Å²) < 4.78 is 4.11. The molecule has 0 radical (unpaired) electrons. The van der Waals surface area contributed by atoms with Gasteiger partial charge in [-0.1, -0.05) is 19.8 Å². The van der Waals surface area contributed by atoms with E-state index in [4.69, 9.17) is 5.11 Å². The molecule has 0 atom stereocenters. The predicted molar refractivity (Wildman–Crippen MR) is 69.4 cm³/mol. The van der Waals surface area contributed by atoms with E-state index in [9.17, 15) is 4.79 Å². The summed E-state index contributed by atoms with van der Waals surface area (Å²) in [6, 6.07) is 0. The van der Waals surface area contributed by atoms with E-state index in [1.807, 2.05) is 6.92 Å². The summed E-state index contributed by atoms with van der Waals surface area (Å²) in [7, 11) is 0. The summed E-state index contributed by atoms with van der Waals surface area (Å²) in [4.78, 5) is 13.9. The van der Waals surface area contributed by atoms with Crippen LogP contribution in [0, 0.1) is 6.92 Å². The number of hydrogen-bond acceptors (Lipinski definition) is 4. The van der Waals surface area contributed by atoms with Crippen LogP contribution in [0.3, 0.4) is 0 Å². The second-order valence-corrected chi connectivity index (χ2v) is 4.67. The van der Waals surface area contributed by atoms with Crippen LogP contribution in [0.5, 0.6) is 0 Å². The number of carbonyl (C=O) groups is 1. The third kappa shape index (κ3) is 4.09. The summed E-state index contributed by atoms with van der Waals surface area (Å²) in [5.74, 6) is -0.0126. The molecule has 17 heavy (non-hydrogen) atoms. The van der Waals surface area contributed by atoms with Crippen LogP contribution >= 0.6 is 11.5 Å². The van der Waals surface area contributed by atoms with Gasteiger partial charge in [0.2, 0.25) is 0 Å². The van der Waals surface area contributed by atoms with E-state index in [-0.39, 0.29) is 12.5 Å². The average molecular weight is 256 g/mol. The maximum atomic E-state index is 12.2. The van der Waals surface area contributed by atoms with Gasteiger partial charge < -0.3 is 10.0 Å². The van der Waals surface area contributed by atoms with E-state index in [0.29, 0.717) is 18.7 Å². The van der Waals surface area contributed by atoms with Gasteiger partial charge in [0.05, 0.1) is 17.9 Å². The van der Waals surface area contributed by atoms with Gasteiger partial charge in [-0.15, -0.1) is 0 Å². The van der Waals surface area contributed by atoms with Crippen LogP contribution < -0.4 is 0 Å². The van der Waals surface area contributed by atoms with E-state index < -0.39 is 0 Å². The number of rotatable bonds is 7. The van der Waals surface area contributed by atoms with Crippen LogP contribution in [0.2, 0.25) is 0 Å². The zero-order chi connectivity index (χ0) is 12.7. The zero-order valence-electron chi connectivity index (χ0n) is 10.5. The standard InChI is InChI=1S/C12H20N2O2S/c1-3-4-5-6-14(7-8-15)12(16)11-9-17-13-10(11)2/h9,15H,3-8H2,1-2H3. The lowest BCUT2D eigenvalue weighted by Crippen LogP contribution is -2.34. The van der Waals surface area contributed by atoms with Gasteiger partial charge >= 0.3 is 0 Å². The lowest BCUT2D eigenvalue weighted by atomic mass is 10.2. The van der Waals surface area contributed by atoms with Crippen LogP contribution in [0.15, 0.2) is 5.38 Å². The number of hydrogen-bond donors (Lipinski definition) is 1. The summed E-state index contributed by atoms with van der Waals surface area (Å²) in [5.41, 5.74) is 1.44. The molecule has 1 aromatic heterocycles. The topological polar surface area (TPSA) is 53.4 Å². The van der Waals surface area contributed by atoms with Gasteiger partial charge in [0, 0.05) is 18.5 Å². The van der Waals surface area contributed by atoms with Crippen molar-refractivity contribution < 1.29 is 9.90 Å². The third-order valence-electron chi connectivity index (χ3n) is 2.67. The Morgan fingerprint density at radius 3 is 2.76 bits per heavy atom. The summed E-state index contributed by atoms with van der Waals surface area (Å²) in [6.07, 6.45) is 3.22. The van der Waals surface area contributed by atoms with Gasteiger partial charge in [0.1, 0.15) is 0 Å². The van der Waals surface area contributed by atoms with Gasteiger partial charge in [-0.25, -0.2) is 0 Å². The highest BCUT2D eigenvalue weighted by atomic mass is 32.1. The first kappa shape index (κ1) is 14.1. The molecule has 4 nitrogen and oxygen atoms in total. The first-order chi connectivity index (χ1) is 8.20. The number of aliphatic hydroxyl groups excluding tert-OH is 1. The fourth-order valence-electron chi connectivity index (χ4n) is 1.66. The first-order valence-electron chi connectivity index (χ1n) is 6.01. The fourth-order valence-corrected chi connectivity index (χ4v) is 2.34. The lowest BCUT2D eigenvalue weighted by Gasteiger charge is -2.21. The molecule has 0 aliphatic carbocycles. The molecule has 0 aromatic carbocycles. The maximum absolute atomic E-state index is 12.2. The minimum Gasteiger partial charge on any atom is -0.395 e. The van der Waals surface area contributed by atoms with Crippen molar-refractivity contribution in [2.75, 3.05) is 19.7 Å². The zero-order valence-corrected chi connectivity index (χ0v) is 11.3. The summed E-state index contributed by atoms with van der Waals surface area (Å²) in [6.45, 7) is 5.09. The quantitative estimate of drug-likeness (QED) is 0.760. The van der Waals surface area contributed by atoms with Crippen molar-refractivity contribution >= 4 is 17.4 Å². The average Bonchev–Trinajstić information content (AvgIpc) is 2.74. The normalized spacial score (nSPS) is 10.5. The predicted octanol–water partition coefficient (Wildman–Crippen LogP) is 2.08. The van der Waals surface area contributed by atoms with Crippen LogP contribution in [-0.2, 0) is 0 Å². The van der Waals surface area contributed by atoms with E-state index in [2.05, 4.69) is 11.3 Å². The fraction of sp³-hybridized carbons (Fsp3) is 0.667. The van der Waals surface area contributed by atoms with Crippen molar-refractivity contribution in [1.82, 2.24) is 9.27 Å². The molecular formula is C12H20N2O2S. The Labute approximate surface area is 106 Å². The Bertz CT molecular complexity index is 352. The van der Waals surface area contributed by atoms with E-state index in [1.54, 1.807) is 10.3 Å². The molecule has 0 spiro atoms. The SMILES string of the molecule is CCCCCN(CCO)C(=O)c1csnc1C. The number of nitrogens with zero attached hydrogens (tertiary/aromatic N) is 2. The van der Waals surface area contributed by atoms with E-state index >= 15 is 0 Å². The van der Waals surface area contributed by atoms with Crippen LogP contribution in [-0.4, -0.2) is 40.0 Å². The molecule has 0 aliphatic rings. The summed E-state index contributed by atoms with van der Waals surface area (Å²) >= 11 is 1.30. The first-order valence-corrected chi connectivity index (χ1v) is 6.85. The molecule has 0 saturated heterocycles. The van der Waals surface area contributed by atoms with Gasteiger partial charge in [-0.3, -0.25) is 4.79 Å². The largest absolute Gasteiger partial charge is 0.395 e. The Morgan fingerprint density at radius 1 is 1.47 bits per heavy atom. The lowest BCUT2D eigenvalue weighted by molar-refractivity contribution is 0.0718. The number of aliphatic hydroxyl groups is 1. The van der Waals surface area contributed by atoms with Gasteiger partial charge in [0.25, 0.3) is 5.91 Å². The molecule has 96 valence electrons. The van der Waals surface area contributed by atoms with Crippen molar-refractivity contribution in [2.45, 2.75) is 33.1 Å². The molecule has 5 heteroatoms. The smallest absolute Gasteiger partial charge is 0.256 e. The van der Waals surface area contributed by atoms with Crippen molar-refractivity contribution in [3.05, 3.63) is 16.6 Å². The molecule has 0 unspecified atom stereocenters. The minimum absolute atomic E-state index is 0.00841. The Kier molecular flexibility index (Phi) is 6.15. The van der Waals surface area contributed by atoms with Crippen molar-refractivity contribution in [3.8, 4) is 0 Å². The molecule has 1 rings (SSSR count). The molecule has 0 saturated carbocycles. The van der Waals surface area contributed by atoms with Gasteiger partial charge in [-0.05, 0) is 24.9 Å². The second-order valence-electron chi connectivity index (χ2n) is 4.04.